The summed E-state index contributed by atoms with van der Waals surface area (Å²) in [5.41, 5.74) is 0.449. The van der Waals surface area contributed by atoms with Crippen molar-refractivity contribution in [1.82, 2.24) is 10.2 Å². The van der Waals surface area contributed by atoms with Gasteiger partial charge >= 0.3 is 6.03 Å². The van der Waals surface area contributed by atoms with Crippen LogP contribution in [0.2, 0.25) is 0 Å². The number of hydrogen-bond acceptors (Lipinski definition) is 2. The molecule has 1 aliphatic heterocycles. The van der Waals surface area contributed by atoms with E-state index in [1.54, 1.807) is 11.9 Å². The van der Waals surface area contributed by atoms with Crippen molar-refractivity contribution in [3.63, 3.8) is 0 Å². The zero-order valence-corrected chi connectivity index (χ0v) is 11.8. The average molecular weight is 330 g/mol. The molecule has 1 aromatic rings. The molecule has 0 bridgehead atoms. The van der Waals surface area contributed by atoms with E-state index in [9.17, 15) is 14.0 Å². The number of likely N-dealkylation sites (N-methyl/N-ethyl adjacent to an activating group) is 1. The van der Waals surface area contributed by atoms with Crippen LogP contribution in [-0.4, -0.2) is 36.5 Å². The Labute approximate surface area is 118 Å². The van der Waals surface area contributed by atoms with Crippen LogP contribution in [0.1, 0.15) is 6.42 Å². The summed E-state index contributed by atoms with van der Waals surface area (Å²) in [5.74, 6) is -0.506. The van der Waals surface area contributed by atoms with Crippen molar-refractivity contribution >= 4 is 33.6 Å². The molecule has 19 heavy (non-hydrogen) atoms. The number of nitrogens with one attached hydrogen (secondary N) is 2. The van der Waals surface area contributed by atoms with Crippen molar-refractivity contribution in [1.29, 1.82) is 0 Å². The molecule has 1 heterocycles. The van der Waals surface area contributed by atoms with Crippen molar-refractivity contribution in [3.8, 4) is 0 Å². The molecule has 1 aromatic carbocycles. The highest BCUT2D eigenvalue weighted by atomic mass is 79.9. The van der Waals surface area contributed by atoms with Gasteiger partial charge in [0.2, 0.25) is 5.91 Å². The first-order valence-corrected chi connectivity index (χ1v) is 6.54. The van der Waals surface area contributed by atoms with Gasteiger partial charge in [-0.3, -0.25) is 4.79 Å². The second-order valence-electron chi connectivity index (χ2n) is 4.33. The molecule has 0 saturated carbocycles. The Morgan fingerprint density at radius 2 is 2.26 bits per heavy atom. The molecule has 0 aliphatic carbocycles. The van der Waals surface area contributed by atoms with Crippen LogP contribution in [-0.2, 0) is 4.79 Å². The lowest BCUT2D eigenvalue weighted by Gasteiger charge is -2.13. The van der Waals surface area contributed by atoms with Crippen LogP contribution in [0.5, 0.6) is 0 Å². The maximum absolute atomic E-state index is 13.0. The third kappa shape index (κ3) is 3.23. The van der Waals surface area contributed by atoms with Crippen molar-refractivity contribution in [2.75, 3.05) is 18.9 Å². The molecule has 0 spiro atoms. The van der Waals surface area contributed by atoms with Gasteiger partial charge in [-0.05, 0) is 40.5 Å². The molecule has 3 amide bonds. The van der Waals surface area contributed by atoms with E-state index in [-0.39, 0.29) is 10.4 Å². The van der Waals surface area contributed by atoms with Crippen LogP contribution >= 0.6 is 15.9 Å². The van der Waals surface area contributed by atoms with Crippen LogP contribution in [0.15, 0.2) is 22.7 Å². The number of carbonyl (C=O) groups is 2. The highest BCUT2D eigenvalue weighted by molar-refractivity contribution is 9.10. The molecule has 1 saturated heterocycles. The normalized spacial score (nSPS) is 18.6. The number of amides is 3. The average Bonchev–Trinajstić information content (AvgIpc) is 2.66. The van der Waals surface area contributed by atoms with E-state index in [0.29, 0.717) is 18.7 Å². The lowest BCUT2D eigenvalue weighted by atomic mass is 10.2. The first kappa shape index (κ1) is 13.8. The summed E-state index contributed by atoms with van der Waals surface area (Å²) in [4.78, 5) is 24.9. The first-order valence-electron chi connectivity index (χ1n) is 5.75. The van der Waals surface area contributed by atoms with Gasteiger partial charge in [-0.25, -0.2) is 9.18 Å². The predicted octanol–water partition coefficient (Wildman–Crippen LogP) is 1.94. The van der Waals surface area contributed by atoms with Gasteiger partial charge in [0.1, 0.15) is 11.9 Å². The zero-order chi connectivity index (χ0) is 14.0. The van der Waals surface area contributed by atoms with E-state index in [1.165, 1.54) is 18.2 Å². The number of benzene rings is 1. The molecule has 102 valence electrons. The van der Waals surface area contributed by atoms with Crippen molar-refractivity contribution < 1.29 is 14.0 Å². The molecule has 0 unspecified atom stereocenters. The molecule has 0 radical (unpaired) electrons. The topological polar surface area (TPSA) is 61.4 Å². The minimum Gasteiger partial charge on any atom is -0.344 e. The highest BCUT2D eigenvalue weighted by Crippen LogP contribution is 2.20. The van der Waals surface area contributed by atoms with Crippen LogP contribution in [0, 0.1) is 5.82 Å². The Balaban J connectivity index is 1.94. The Morgan fingerprint density at radius 3 is 2.84 bits per heavy atom. The summed E-state index contributed by atoms with van der Waals surface area (Å²) in [7, 11) is 1.69. The number of likely N-dealkylation sites (tertiary alicyclic amines) is 1. The molecule has 2 N–H and O–H groups in total. The largest absolute Gasteiger partial charge is 0.344 e. The Kier molecular flexibility index (Phi) is 4.04. The monoisotopic (exact) mass is 329 g/mol. The fourth-order valence-electron chi connectivity index (χ4n) is 1.86. The predicted molar refractivity (Wildman–Crippen MR) is 72.3 cm³/mol. The molecule has 5 nitrogen and oxygen atoms in total. The maximum Gasteiger partial charge on any atom is 0.319 e. The molecule has 2 rings (SSSR count). The quantitative estimate of drug-likeness (QED) is 0.871. The lowest BCUT2D eigenvalue weighted by Crippen LogP contribution is -2.42. The van der Waals surface area contributed by atoms with Gasteiger partial charge < -0.3 is 15.5 Å². The van der Waals surface area contributed by atoms with Gasteiger partial charge in [-0.2, -0.15) is 0 Å². The van der Waals surface area contributed by atoms with Gasteiger partial charge in [-0.1, -0.05) is 0 Å². The SMILES string of the molecule is CN1CC[C@@H](NC(=O)Nc2ccc(F)c(Br)c2)C1=O. The number of rotatable bonds is 2. The standard InChI is InChI=1S/C12H13BrFN3O2/c1-17-5-4-10(11(17)18)16-12(19)15-7-2-3-9(14)8(13)6-7/h2-3,6,10H,4-5H2,1H3,(H2,15,16,19)/t10-/m1/s1. The zero-order valence-electron chi connectivity index (χ0n) is 10.2. The number of halogens is 2. The molecular weight excluding hydrogens is 317 g/mol. The van der Waals surface area contributed by atoms with Gasteiger partial charge in [-0.15, -0.1) is 0 Å². The van der Waals surface area contributed by atoms with E-state index in [4.69, 9.17) is 0 Å². The van der Waals surface area contributed by atoms with E-state index < -0.39 is 17.9 Å². The smallest absolute Gasteiger partial charge is 0.319 e. The molecule has 1 fully saturated rings. The van der Waals surface area contributed by atoms with Crippen LogP contribution < -0.4 is 10.6 Å². The minimum absolute atomic E-state index is 0.101. The number of anilines is 1. The van der Waals surface area contributed by atoms with E-state index in [1.807, 2.05) is 0 Å². The summed E-state index contributed by atoms with van der Waals surface area (Å²) in [6.07, 6.45) is 0.593. The number of urea groups is 1. The lowest BCUT2D eigenvalue weighted by molar-refractivity contribution is -0.128. The summed E-state index contributed by atoms with van der Waals surface area (Å²) in [6, 6.07) is 3.18. The fourth-order valence-corrected chi connectivity index (χ4v) is 2.23. The van der Waals surface area contributed by atoms with E-state index in [0.717, 1.165) is 0 Å². The van der Waals surface area contributed by atoms with Crippen LogP contribution in [0.4, 0.5) is 14.9 Å². The van der Waals surface area contributed by atoms with Crippen molar-refractivity contribution in [3.05, 3.63) is 28.5 Å². The number of carbonyl (C=O) groups excluding carboxylic acids is 2. The summed E-state index contributed by atoms with van der Waals surface area (Å²) in [5, 5.41) is 5.15. The maximum atomic E-state index is 13.0. The highest BCUT2D eigenvalue weighted by Gasteiger charge is 2.30. The van der Waals surface area contributed by atoms with E-state index >= 15 is 0 Å². The minimum atomic E-state index is -0.492. The third-order valence-corrected chi connectivity index (χ3v) is 3.52. The second-order valence-corrected chi connectivity index (χ2v) is 5.18. The molecular formula is C12H13BrFN3O2. The van der Waals surface area contributed by atoms with E-state index in [2.05, 4.69) is 26.6 Å². The molecule has 7 heteroatoms. The summed E-state index contributed by atoms with van der Waals surface area (Å²) >= 11 is 3.03. The Hall–Kier alpha value is -1.63. The number of nitrogens with zero attached hydrogens (tertiary/aromatic N) is 1. The number of hydrogen-bond donors (Lipinski definition) is 2. The fraction of sp³-hybridized carbons (Fsp3) is 0.333. The first-order chi connectivity index (χ1) is 8.97. The third-order valence-electron chi connectivity index (χ3n) is 2.91. The summed E-state index contributed by atoms with van der Waals surface area (Å²) in [6.45, 7) is 0.631. The molecule has 1 atom stereocenters. The van der Waals surface area contributed by atoms with Crippen molar-refractivity contribution in [2.24, 2.45) is 0 Å². The second kappa shape index (κ2) is 5.56. The van der Waals surface area contributed by atoms with Crippen molar-refractivity contribution in [2.45, 2.75) is 12.5 Å². The Bertz CT molecular complexity index is 524. The molecule has 0 aromatic heterocycles. The summed E-state index contributed by atoms with van der Waals surface area (Å²) < 4.78 is 13.3. The van der Waals surface area contributed by atoms with Crippen LogP contribution in [0.3, 0.4) is 0 Å². The van der Waals surface area contributed by atoms with Gasteiger partial charge in [0, 0.05) is 19.3 Å². The molecule has 1 aliphatic rings. The van der Waals surface area contributed by atoms with Gasteiger partial charge in [0.15, 0.2) is 0 Å². The van der Waals surface area contributed by atoms with Gasteiger partial charge in [0.25, 0.3) is 0 Å². The van der Waals surface area contributed by atoms with Crippen LogP contribution in [0.25, 0.3) is 0 Å². The Morgan fingerprint density at radius 1 is 1.53 bits per heavy atom. The van der Waals surface area contributed by atoms with Gasteiger partial charge in [0.05, 0.1) is 4.47 Å².